The van der Waals surface area contributed by atoms with Gasteiger partial charge in [-0.15, -0.1) is 0 Å². The molecule has 2 aromatic carbocycles. The van der Waals surface area contributed by atoms with Crippen molar-refractivity contribution in [2.24, 2.45) is 4.99 Å². The quantitative estimate of drug-likeness (QED) is 0.597. The standard InChI is InChI=1S/C22H27N5O/c1-24-22(25-10-11-27-12-14-28-15-13-27)26-17-18-6-8-19(9-7-18)21-5-3-2-4-20(21)16-23/h2-9H,10-15,17H2,1H3,(H2,24,25,26). The zero-order valence-corrected chi connectivity index (χ0v) is 16.3. The van der Waals surface area contributed by atoms with Gasteiger partial charge < -0.3 is 15.4 Å². The number of hydrogen-bond acceptors (Lipinski definition) is 4. The Hall–Kier alpha value is -2.88. The van der Waals surface area contributed by atoms with Gasteiger partial charge in [0, 0.05) is 39.8 Å². The highest BCUT2D eigenvalue weighted by atomic mass is 16.5. The Morgan fingerprint density at radius 1 is 1.11 bits per heavy atom. The van der Waals surface area contributed by atoms with Gasteiger partial charge in [0.2, 0.25) is 0 Å². The van der Waals surface area contributed by atoms with Crippen molar-refractivity contribution < 1.29 is 4.74 Å². The first-order valence-corrected chi connectivity index (χ1v) is 9.63. The largest absolute Gasteiger partial charge is 0.379 e. The number of nitrogens with zero attached hydrogens (tertiary/aromatic N) is 3. The molecule has 146 valence electrons. The number of aliphatic imine (C=N–C) groups is 1. The van der Waals surface area contributed by atoms with Gasteiger partial charge in [-0.25, -0.2) is 0 Å². The SMILES string of the molecule is CN=C(NCCN1CCOCC1)NCc1ccc(-c2ccccc2C#N)cc1. The lowest BCUT2D eigenvalue weighted by Crippen LogP contribution is -2.44. The van der Waals surface area contributed by atoms with Gasteiger partial charge in [0.15, 0.2) is 5.96 Å². The van der Waals surface area contributed by atoms with Gasteiger partial charge in [-0.05, 0) is 22.8 Å². The fourth-order valence-electron chi connectivity index (χ4n) is 3.20. The fraction of sp³-hybridized carbons (Fsp3) is 0.364. The maximum atomic E-state index is 9.27. The summed E-state index contributed by atoms with van der Waals surface area (Å²) in [6.45, 7) is 6.16. The van der Waals surface area contributed by atoms with Crippen molar-refractivity contribution in [1.82, 2.24) is 15.5 Å². The van der Waals surface area contributed by atoms with Crippen molar-refractivity contribution in [3.63, 3.8) is 0 Å². The monoisotopic (exact) mass is 377 g/mol. The van der Waals surface area contributed by atoms with Crippen LogP contribution in [0.1, 0.15) is 11.1 Å². The zero-order valence-electron chi connectivity index (χ0n) is 16.3. The summed E-state index contributed by atoms with van der Waals surface area (Å²) in [5.74, 6) is 0.798. The molecule has 0 aromatic heterocycles. The Morgan fingerprint density at radius 3 is 2.57 bits per heavy atom. The number of rotatable bonds is 6. The Bertz CT molecular complexity index is 820. The molecule has 1 fully saturated rings. The first-order valence-electron chi connectivity index (χ1n) is 9.63. The minimum absolute atomic E-state index is 0.692. The topological polar surface area (TPSA) is 72.7 Å². The van der Waals surface area contributed by atoms with Gasteiger partial charge in [0.1, 0.15) is 0 Å². The molecule has 0 saturated carbocycles. The number of hydrogen-bond donors (Lipinski definition) is 2. The van der Waals surface area contributed by atoms with Gasteiger partial charge in [-0.2, -0.15) is 5.26 Å². The highest BCUT2D eigenvalue weighted by Gasteiger charge is 2.09. The Balaban J connectivity index is 1.49. The maximum absolute atomic E-state index is 9.27. The van der Waals surface area contributed by atoms with Crippen LogP contribution in [-0.2, 0) is 11.3 Å². The number of nitriles is 1. The molecule has 28 heavy (non-hydrogen) atoms. The van der Waals surface area contributed by atoms with Crippen LogP contribution in [0.2, 0.25) is 0 Å². The summed E-state index contributed by atoms with van der Waals surface area (Å²) >= 11 is 0. The summed E-state index contributed by atoms with van der Waals surface area (Å²) in [5, 5.41) is 16.0. The third kappa shape index (κ3) is 5.56. The van der Waals surface area contributed by atoms with Crippen molar-refractivity contribution in [2.75, 3.05) is 46.4 Å². The normalized spacial score (nSPS) is 15.1. The maximum Gasteiger partial charge on any atom is 0.191 e. The van der Waals surface area contributed by atoms with Crippen molar-refractivity contribution in [3.05, 3.63) is 59.7 Å². The van der Waals surface area contributed by atoms with Crippen LogP contribution in [0.3, 0.4) is 0 Å². The minimum Gasteiger partial charge on any atom is -0.379 e. The van der Waals surface area contributed by atoms with E-state index in [1.807, 2.05) is 24.3 Å². The van der Waals surface area contributed by atoms with E-state index in [0.29, 0.717) is 12.1 Å². The molecule has 0 unspecified atom stereocenters. The van der Waals surface area contributed by atoms with Crippen LogP contribution in [0.15, 0.2) is 53.5 Å². The molecule has 0 spiro atoms. The fourth-order valence-corrected chi connectivity index (χ4v) is 3.20. The van der Waals surface area contributed by atoms with E-state index < -0.39 is 0 Å². The van der Waals surface area contributed by atoms with Crippen molar-refractivity contribution in [2.45, 2.75) is 6.54 Å². The van der Waals surface area contributed by atoms with E-state index in [1.165, 1.54) is 0 Å². The van der Waals surface area contributed by atoms with Crippen LogP contribution in [-0.4, -0.2) is 57.3 Å². The third-order valence-electron chi connectivity index (χ3n) is 4.82. The second kappa shape index (κ2) is 10.5. The van der Waals surface area contributed by atoms with Crippen LogP contribution in [0.5, 0.6) is 0 Å². The minimum atomic E-state index is 0.692. The highest BCUT2D eigenvalue weighted by molar-refractivity contribution is 5.79. The van der Waals surface area contributed by atoms with Gasteiger partial charge >= 0.3 is 0 Å². The molecular weight excluding hydrogens is 350 g/mol. The van der Waals surface area contributed by atoms with E-state index >= 15 is 0 Å². The molecule has 3 rings (SSSR count). The summed E-state index contributed by atoms with van der Waals surface area (Å²) in [6.07, 6.45) is 0. The second-order valence-electron chi connectivity index (χ2n) is 6.66. The molecule has 1 aliphatic heterocycles. The molecule has 0 atom stereocenters. The summed E-state index contributed by atoms with van der Waals surface area (Å²) in [4.78, 5) is 6.68. The molecule has 1 saturated heterocycles. The molecule has 0 bridgehead atoms. The number of benzene rings is 2. The molecule has 0 radical (unpaired) electrons. The summed E-state index contributed by atoms with van der Waals surface area (Å²) < 4.78 is 5.37. The molecule has 6 nitrogen and oxygen atoms in total. The average molecular weight is 377 g/mol. The Kier molecular flexibility index (Phi) is 7.42. The molecule has 1 aliphatic rings. The molecule has 2 aromatic rings. The van der Waals surface area contributed by atoms with Gasteiger partial charge in [0.25, 0.3) is 0 Å². The van der Waals surface area contributed by atoms with Gasteiger partial charge in [-0.3, -0.25) is 9.89 Å². The Morgan fingerprint density at radius 2 is 1.86 bits per heavy atom. The van der Waals surface area contributed by atoms with Crippen LogP contribution in [0, 0.1) is 11.3 Å². The van der Waals surface area contributed by atoms with Gasteiger partial charge in [-0.1, -0.05) is 42.5 Å². The van der Waals surface area contributed by atoms with Crippen LogP contribution >= 0.6 is 0 Å². The van der Waals surface area contributed by atoms with Crippen LogP contribution in [0.4, 0.5) is 0 Å². The van der Waals surface area contributed by atoms with Crippen molar-refractivity contribution >= 4 is 5.96 Å². The highest BCUT2D eigenvalue weighted by Crippen LogP contribution is 2.23. The van der Waals surface area contributed by atoms with Crippen molar-refractivity contribution in [1.29, 1.82) is 5.26 Å². The predicted octanol–water partition coefficient (Wildman–Crippen LogP) is 2.22. The van der Waals surface area contributed by atoms with Crippen molar-refractivity contribution in [3.8, 4) is 17.2 Å². The average Bonchev–Trinajstić information content (AvgIpc) is 2.77. The van der Waals surface area contributed by atoms with E-state index in [1.54, 1.807) is 7.05 Å². The summed E-state index contributed by atoms with van der Waals surface area (Å²) in [6, 6.07) is 18.2. The molecule has 2 N–H and O–H groups in total. The number of nitrogens with one attached hydrogen (secondary N) is 2. The lowest BCUT2D eigenvalue weighted by molar-refractivity contribution is 0.0389. The smallest absolute Gasteiger partial charge is 0.191 e. The van der Waals surface area contributed by atoms with Gasteiger partial charge in [0.05, 0.1) is 24.8 Å². The summed E-state index contributed by atoms with van der Waals surface area (Å²) in [7, 11) is 1.78. The molecule has 6 heteroatoms. The first-order chi connectivity index (χ1) is 13.8. The third-order valence-corrected chi connectivity index (χ3v) is 4.82. The van der Waals surface area contributed by atoms with E-state index in [4.69, 9.17) is 4.74 Å². The lowest BCUT2D eigenvalue weighted by Gasteiger charge is -2.26. The Labute approximate surface area is 166 Å². The second-order valence-corrected chi connectivity index (χ2v) is 6.66. The van der Waals surface area contributed by atoms with E-state index in [2.05, 4.69) is 50.9 Å². The van der Waals surface area contributed by atoms with Crippen LogP contribution < -0.4 is 10.6 Å². The molecule has 0 aliphatic carbocycles. The number of guanidine groups is 1. The zero-order chi connectivity index (χ0) is 19.6. The first kappa shape index (κ1) is 19.9. The molecule has 0 amide bonds. The van der Waals surface area contributed by atoms with E-state index in [9.17, 15) is 5.26 Å². The van der Waals surface area contributed by atoms with E-state index in [0.717, 1.165) is 62.0 Å². The molecule has 1 heterocycles. The van der Waals surface area contributed by atoms with Crippen LogP contribution in [0.25, 0.3) is 11.1 Å². The lowest BCUT2D eigenvalue weighted by atomic mass is 9.99. The number of ether oxygens (including phenoxy) is 1. The number of morpholine rings is 1. The van der Waals surface area contributed by atoms with E-state index in [-0.39, 0.29) is 0 Å². The predicted molar refractivity (Wildman–Crippen MR) is 112 cm³/mol. The molecular formula is C22H27N5O. The summed E-state index contributed by atoms with van der Waals surface area (Å²) in [5.41, 5.74) is 3.87.